The van der Waals surface area contributed by atoms with E-state index < -0.39 is 0 Å². The van der Waals surface area contributed by atoms with E-state index in [4.69, 9.17) is 0 Å². The van der Waals surface area contributed by atoms with Crippen molar-refractivity contribution < 1.29 is 0 Å². The van der Waals surface area contributed by atoms with Gasteiger partial charge in [0.05, 0.1) is 5.69 Å². The van der Waals surface area contributed by atoms with Crippen molar-refractivity contribution in [2.45, 2.75) is 150 Å². The van der Waals surface area contributed by atoms with Crippen molar-refractivity contribution >= 4 is 106 Å². The Morgan fingerprint density at radius 2 is 1.03 bits per heavy atom. The molecule has 3 nitrogen and oxygen atoms in total. The van der Waals surface area contributed by atoms with Gasteiger partial charge < -0.3 is 14.7 Å². The Balaban J connectivity index is 1.16. The van der Waals surface area contributed by atoms with E-state index in [0.29, 0.717) is 0 Å². The van der Waals surface area contributed by atoms with Crippen LogP contribution in [0.3, 0.4) is 0 Å². The third-order valence-corrected chi connectivity index (χ3v) is 20.0. The number of benzene rings is 8. The van der Waals surface area contributed by atoms with Crippen molar-refractivity contribution in [2.75, 3.05) is 14.7 Å². The Morgan fingerprint density at radius 1 is 0.474 bits per heavy atom. The van der Waals surface area contributed by atoms with Crippen LogP contribution in [0, 0.1) is 20.8 Å². The Labute approximate surface area is 457 Å². The van der Waals surface area contributed by atoms with Crippen LogP contribution in [0.5, 0.6) is 0 Å². The van der Waals surface area contributed by atoms with Gasteiger partial charge in [-0.2, -0.15) is 0 Å². The number of hydrogen-bond acceptors (Lipinski definition) is 4. The van der Waals surface area contributed by atoms with Crippen molar-refractivity contribution in [1.82, 2.24) is 0 Å². The van der Waals surface area contributed by atoms with Crippen LogP contribution in [0.4, 0.5) is 51.2 Å². The number of fused-ring (bicyclic) bond motifs is 9. The summed E-state index contributed by atoms with van der Waals surface area (Å²) >= 11 is 1.95. The van der Waals surface area contributed by atoms with Gasteiger partial charge in [0.2, 0.25) is 0 Å². The first kappa shape index (κ1) is 49.0. The molecule has 5 heteroatoms. The zero-order valence-corrected chi connectivity index (χ0v) is 48.3. The lowest BCUT2D eigenvalue weighted by Gasteiger charge is -2.48. The normalized spacial score (nSPS) is 17.5. The summed E-state index contributed by atoms with van der Waals surface area (Å²) in [5.41, 5.74) is 26.4. The maximum Gasteiger partial charge on any atom is 0.252 e. The van der Waals surface area contributed by atoms with Crippen LogP contribution in [-0.4, -0.2) is 6.71 Å². The summed E-state index contributed by atoms with van der Waals surface area (Å²) < 4.78 is 2.71. The van der Waals surface area contributed by atoms with E-state index in [0.717, 1.165) is 18.5 Å². The topological polar surface area (TPSA) is 9.72 Å². The van der Waals surface area contributed by atoms with E-state index in [-0.39, 0.29) is 33.8 Å². The molecule has 0 atom stereocenters. The number of anilines is 9. The maximum atomic E-state index is 2.71. The second kappa shape index (κ2) is 16.7. The summed E-state index contributed by atoms with van der Waals surface area (Å²) in [6.07, 6.45) is 4.69. The Hall–Kier alpha value is -6.56. The zero-order chi connectivity index (χ0) is 53.2. The molecule has 0 radical (unpaired) electrons. The molecule has 2 aliphatic carbocycles. The largest absolute Gasteiger partial charge is 0.311 e. The molecule has 2 aliphatic heterocycles. The third-order valence-electron chi connectivity index (χ3n) is 18.8. The maximum absolute atomic E-state index is 2.71. The standard InChI is InChI=1S/C71H74BN3S/c1-43-37-61-65-62(38-43)75(58-32-29-49-48-23-17-20-26-63(48)76-66(49)64(58)67(4,5)6)59-40-47(73(56-24-18-15-21-44(56)2)57-25-19-16-22-45(57)3)28-31-54(59)72(65)55-41-52-53(71(13,14)36-35-70(52,11)12)42-60(55)74(61)46-27-30-50-51(39-46)69(9,10)34-33-68(50,7)8/h15-32,37-42H,33-36H2,1-14H3. The molecule has 0 saturated carbocycles. The van der Waals surface area contributed by atoms with Gasteiger partial charge in [0.25, 0.3) is 6.71 Å². The van der Waals surface area contributed by atoms with Gasteiger partial charge in [-0.15, -0.1) is 11.3 Å². The molecule has 3 heterocycles. The van der Waals surface area contributed by atoms with Crippen LogP contribution in [0.1, 0.15) is 146 Å². The van der Waals surface area contributed by atoms with E-state index in [2.05, 4.69) is 257 Å². The molecule has 382 valence electrons. The lowest BCUT2D eigenvalue weighted by Crippen LogP contribution is -2.62. The summed E-state index contributed by atoms with van der Waals surface area (Å²) in [5.74, 6) is 0. The van der Waals surface area contributed by atoms with E-state index in [9.17, 15) is 0 Å². The average molecular weight is 1010 g/mol. The van der Waals surface area contributed by atoms with Gasteiger partial charge in [0.1, 0.15) is 0 Å². The summed E-state index contributed by atoms with van der Waals surface area (Å²) in [7, 11) is 0. The number of thiophene rings is 1. The van der Waals surface area contributed by atoms with E-state index in [1.54, 1.807) is 0 Å². The molecular weight excluding hydrogens is 938 g/mol. The lowest BCUT2D eigenvalue weighted by molar-refractivity contribution is 0.332. The predicted molar refractivity (Wildman–Crippen MR) is 332 cm³/mol. The molecule has 0 fully saturated rings. The van der Waals surface area contributed by atoms with Crippen LogP contribution >= 0.6 is 11.3 Å². The summed E-state index contributed by atoms with van der Waals surface area (Å²) in [6, 6.07) is 57.2. The highest BCUT2D eigenvalue weighted by Crippen LogP contribution is 2.55. The molecule has 13 rings (SSSR count). The second-order valence-corrected chi connectivity index (χ2v) is 27.9. The zero-order valence-electron chi connectivity index (χ0n) is 47.5. The second-order valence-electron chi connectivity index (χ2n) is 26.9. The number of hydrogen-bond donors (Lipinski definition) is 0. The fourth-order valence-electron chi connectivity index (χ4n) is 14.3. The SMILES string of the molecule is Cc1cc2c3c(c1)N(c1ccc4c(sc5ccccc54)c1C(C)(C)C)c1cc(N(c4ccccc4C)c4ccccc4C)ccc1B3c1cc3c(cc1N2c1ccc2c(c1)C(C)(C)CCC2(C)C)C(C)(C)CCC3(C)C. The first-order valence-electron chi connectivity index (χ1n) is 28.1. The molecule has 4 aliphatic rings. The summed E-state index contributed by atoms with van der Waals surface area (Å²) in [4.78, 5) is 7.94. The molecule has 0 N–H and O–H groups in total. The third kappa shape index (κ3) is 7.34. The van der Waals surface area contributed by atoms with E-state index in [1.165, 1.54) is 139 Å². The molecule has 76 heavy (non-hydrogen) atoms. The van der Waals surface area contributed by atoms with Crippen molar-refractivity contribution in [3.63, 3.8) is 0 Å². The average Bonchev–Trinajstić information content (AvgIpc) is 3.91. The molecule has 0 bridgehead atoms. The minimum atomic E-state index is -0.192. The minimum absolute atomic E-state index is 0.0205. The molecule has 8 aromatic carbocycles. The molecule has 0 saturated heterocycles. The van der Waals surface area contributed by atoms with Gasteiger partial charge in [-0.25, -0.2) is 0 Å². The number of aryl methyl sites for hydroxylation is 3. The Kier molecular flexibility index (Phi) is 10.8. The fourth-order valence-corrected chi connectivity index (χ4v) is 15.8. The highest BCUT2D eigenvalue weighted by Gasteiger charge is 2.48. The van der Waals surface area contributed by atoms with Crippen molar-refractivity contribution in [3.05, 3.63) is 190 Å². The highest BCUT2D eigenvalue weighted by molar-refractivity contribution is 7.26. The minimum Gasteiger partial charge on any atom is -0.311 e. The Bertz CT molecular complexity index is 3850. The van der Waals surface area contributed by atoms with Crippen LogP contribution < -0.4 is 31.1 Å². The molecule has 0 amide bonds. The van der Waals surface area contributed by atoms with Gasteiger partial charge >= 0.3 is 0 Å². The number of rotatable bonds is 5. The van der Waals surface area contributed by atoms with Gasteiger partial charge in [-0.1, -0.05) is 155 Å². The van der Waals surface area contributed by atoms with Crippen molar-refractivity contribution in [3.8, 4) is 0 Å². The molecule has 9 aromatic rings. The van der Waals surface area contributed by atoms with Crippen LogP contribution in [0.2, 0.25) is 0 Å². The smallest absolute Gasteiger partial charge is 0.252 e. The first-order chi connectivity index (χ1) is 36.0. The fraction of sp³-hybridized carbons (Fsp3) is 0.324. The number of para-hydroxylation sites is 2. The summed E-state index contributed by atoms with van der Waals surface area (Å²) in [5, 5.41) is 2.67. The monoisotopic (exact) mass is 1010 g/mol. The molecular formula is C71H74BN3S. The highest BCUT2D eigenvalue weighted by atomic mass is 32.1. The first-order valence-corrected chi connectivity index (χ1v) is 28.9. The van der Waals surface area contributed by atoms with Crippen LogP contribution in [0.25, 0.3) is 20.2 Å². The molecule has 0 unspecified atom stereocenters. The predicted octanol–water partition coefficient (Wildman–Crippen LogP) is 18.5. The van der Waals surface area contributed by atoms with Crippen LogP contribution in [0.15, 0.2) is 146 Å². The quantitative estimate of drug-likeness (QED) is 0.159. The molecule has 0 spiro atoms. The van der Waals surface area contributed by atoms with Gasteiger partial charge in [0.15, 0.2) is 0 Å². The molecule has 1 aromatic heterocycles. The van der Waals surface area contributed by atoms with Gasteiger partial charge in [-0.3, -0.25) is 0 Å². The van der Waals surface area contributed by atoms with Crippen LogP contribution in [-0.2, 0) is 27.1 Å². The van der Waals surface area contributed by atoms with Gasteiger partial charge in [-0.05, 0) is 201 Å². The van der Waals surface area contributed by atoms with E-state index >= 15 is 0 Å². The number of nitrogens with zero attached hydrogens (tertiary/aromatic N) is 3. The lowest BCUT2D eigenvalue weighted by atomic mass is 9.33. The summed E-state index contributed by atoms with van der Waals surface area (Å²) in [6.45, 7) is 33.9. The van der Waals surface area contributed by atoms with Crippen molar-refractivity contribution in [1.29, 1.82) is 0 Å². The van der Waals surface area contributed by atoms with E-state index in [1.807, 2.05) is 11.3 Å². The van der Waals surface area contributed by atoms with Crippen molar-refractivity contribution in [2.24, 2.45) is 0 Å². The van der Waals surface area contributed by atoms with Gasteiger partial charge in [0, 0.05) is 65.7 Å². The Morgan fingerprint density at radius 3 is 1.66 bits per heavy atom.